The molecule has 0 aromatic heterocycles. The van der Waals surface area contributed by atoms with Gasteiger partial charge in [0, 0.05) is 32.7 Å². The maximum atomic E-state index is 12.1. The van der Waals surface area contributed by atoms with Crippen LogP contribution in [0.4, 0.5) is 0 Å². The highest BCUT2D eigenvalue weighted by atomic mass is 16.2. The van der Waals surface area contributed by atoms with Gasteiger partial charge in [-0.05, 0) is 26.2 Å². The fourth-order valence-corrected chi connectivity index (χ4v) is 2.71. The van der Waals surface area contributed by atoms with Crippen molar-refractivity contribution in [1.29, 1.82) is 0 Å². The fraction of sp³-hybridized carbons (Fsp3) is 0.846. The van der Waals surface area contributed by atoms with Crippen molar-refractivity contribution in [2.24, 2.45) is 0 Å². The minimum Gasteiger partial charge on any atom is -0.343 e. The molecule has 0 saturated carbocycles. The number of likely N-dealkylation sites (N-methyl/N-ethyl adjacent to an activating group) is 1. The van der Waals surface area contributed by atoms with Gasteiger partial charge in [-0.25, -0.2) is 0 Å². The Morgan fingerprint density at radius 2 is 2.00 bits per heavy atom. The summed E-state index contributed by atoms with van der Waals surface area (Å²) in [6.07, 6.45) is 3.72. The Labute approximate surface area is 108 Å². The van der Waals surface area contributed by atoms with E-state index >= 15 is 0 Å². The van der Waals surface area contributed by atoms with E-state index in [9.17, 15) is 9.59 Å². The van der Waals surface area contributed by atoms with E-state index < -0.39 is 0 Å². The monoisotopic (exact) mass is 253 g/mol. The average molecular weight is 253 g/mol. The predicted octanol–water partition coefficient (Wildman–Crippen LogP) is 0.209. The van der Waals surface area contributed by atoms with Crippen LogP contribution in [0.5, 0.6) is 0 Å². The predicted molar refractivity (Wildman–Crippen MR) is 69.1 cm³/mol. The maximum absolute atomic E-state index is 12.1. The van der Waals surface area contributed by atoms with Crippen LogP contribution < -0.4 is 5.32 Å². The minimum atomic E-state index is -0.312. The second-order valence-electron chi connectivity index (χ2n) is 5.07. The first-order chi connectivity index (χ1) is 8.72. The lowest BCUT2D eigenvalue weighted by Gasteiger charge is -2.34. The second kappa shape index (κ2) is 6.18. The molecule has 5 heteroatoms. The molecule has 0 bridgehead atoms. The number of likely N-dealkylation sites (tertiary alicyclic amines) is 1. The Bertz CT molecular complexity index is 313. The third kappa shape index (κ3) is 3.02. The molecule has 2 saturated heterocycles. The van der Waals surface area contributed by atoms with Crippen molar-refractivity contribution in [3.05, 3.63) is 0 Å². The molecule has 0 aromatic rings. The molecule has 2 aliphatic rings. The van der Waals surface area contributed by atoms with Gasteiger partial charge in [-0.1, -0.05) is 0 Å². The van der Waals surface area contributed by atoms with Crippen molar-refractivity contribution in [2.45, 2.75) is 38.6 Å². The highest BCUT2D eigenvalue weighted by molar-refractivity contribution is 5.89. The van der Waals surface area contributed by atoms with Crippen LogP contribution in [0.2, 0.25) is 0 Å². The van der Waals surface area contributed by atoms with Crippen LogP contribution in [0.15, 0.2) is 0 Å². The fourth-order valence-electron chi connectivity index (χ4n) is 2.71. The van der Waals surface area contributed by atoms with E-state index in [4.69, 9.17) is 0 Å². The summed E-state index contributed by atoms with van der Waals surface area (Å²) in [4.78, 5) is 27.9. The third-order valence-electron chi connectivity index (χ3n) is 3.85. The Hall–Kier alpha value is -1.10. The molecular weight excluding hydrogens is 230 g/mol. The van der Waals surface area contributed by atoms with Crippen LogP contribution in [-0.2, 0) is 9.59 Å². The van der Waals surface area contributed by atoms with Gasteiger partial charge in [-0.3, -0.25) is 9.59 Å². The lowest BCUT2D eigenvalue weighted by Crippen LogP contribution is -2.56. The van der Waals surface area contributed by atoms with Gasteiger partial charge in [0.15, 0.2) is 0 Å². The summed E-state index contributed by atoms with van der Waals surface area (Å²) >= 11 is 0. The maximum Gasteiger partial charge on any atom is 0.240 e. The Kier molecular flexibility index (Phi) is 4.58. The van der Waals surface area contributed by atoms with E-state index in [2.05, 4.69) is 5.32 Å². The van der Waals surface area contributed by atoms with E-state index in [1.807, 2.05) is 16.7 Å². The summed E-state index contributed by atoms with van der Waals surface area (Å²) < 4.78 is 0. The molecule has 18 heavy (non-hydrogen) atoms. The van der Waals surface area contributed by atoms with Crippen molar-refractivity contribution >= 4 is 11.8 Å². The second-order valence-corrected chi connectivity index (χ2v) is 5.07. The number of amides is 2. The van der Waals surface area contributed by atoms with Gasteiger partial charge in [0.2, 0.25) is 11.8 Å². The van der Waals surface area contributed by atoms with Crippen LogP contribution in [0.3, 0.4) is 0 Å². The molecule has 0 aliphatic carbocycles. The first-order valence-corrected chi connectivity index (χ1v) is 7.02. The molecule has 5 nitrogen and oxygen atoms in total. The molecule has 0 aromatic carbocycles. The topological polar surface area (TPSA) is 52.7 Å². The largest absolute Gasteiger partial charge is 0.343 e. The molecule has 2 amide bonds. The van der Waals surface area contributed by atoms with Crippen molar-refractivity contribution < 1.29 is 9.59 Å². The summed E-state index contributed by atoms with van der Waals surface area (Å²) in [6.45, 7) is 5.97. The van der Waals surface area contributed by atoms with Crippen LogP contribution in [0.1, 0.15) is 32.6 Å². The smallest absolute Gasteiger partial charge is 0.240 e. The first-order valence-electron chi connectivity index (χ1n) is 7.02. The lowest BCUT2D eigenvalue weighted by molar-refractivity contribution is -0.141. The van der Waals surface area contributed by atoms with Crippen molar-refractivity contribution in [1.82, 2.24) is 15.1 Å². The van der Waals surface area contributed by atoms with Gasteiger partial charge in [-0.2, -0.15) is 0 Å². The van der Waals surface area contributed by atoms with Crippen molar-refractivity contribution in [3.8, 4) is 0 Å². The number of nitrogens with one attached hydrogen (secondary N) is 1. The lowest BCUT2D eigenvalue weighted by atomic mass is 10.1. The van der Waals surface area contributed by atoms with Crippen LogP contribution >= 0.6 is 0 Å². The molecule has 0 spiro atoms. The zero-order valence-electron chi connectivity index (χ0n) is 11.2. The Morgan fingerprint density at radius 3 is 2.67 bits per heavy atom. The molecule has 1 unspecified atom stereocenters. The number of carbonyl (C=O) groups is 2. The summed E-state index contributed by atoms with van der Waals surface area (Å²) in [6, 6.07) is -0.312. The quantitative estimate of drug-likeness (QED) is 0.782. The van der Waals surface area contributed by atoms with Gasteiger partial charge in [-0.15, -0.1) is 0 Å². The van der Waals surface area contributed by atoms with Crippen LogP contribution in [0.25, 0.3) is 0 Å². The van der Waals surface area contributed by atoms with Gasteiger partial charge in [0.05, 0.1) is 12.5 Å². The van der Waals surface area contributed by atoms with E-state index in [0.717, 1.165) is 45.6 Å². The first kappa shape index (κ1) is 13.3. The van der Waals surface area contributed by atoms with Crippen LogP contribution in [0, 0.1) is 0 Å². The zero-order valence-corrected chi connectivity index (χ0v) is 11.2. The molecular formula is C13H23N3O2. The number of rotatable bonds is 3. The Balaban J connectivity index is 1.87. The number of piperidine rings is 1. The van der Waals surface area contributed by atoms with Gasteiger partial charge >= 0.3 is 0 Å². The molecule has 2 aliphatic heterocycles. The highest BCUT2D eigenvalue weighted by Crippen LogP contribution is 2.12. The summed E-state index contributed by atoms with van der Waals surface area (Å²) in [7, 11) is 0. The van der Waals surface area contributed by atoms with E-state index in [0.29, 0.717) is 6.42 Å². The standard InChI is InChI=1S/C13H23N3O2/c1-2-15-9-6-14-11(13(15)18)10-12(17)16-7-4-3-5-8-16/h11,14H,2-10H2,1H3. The molecule has 2 heterocycles. The van der Waals surface area contributed by atoms with E-state index in [1.54, 1.807) is 0 Å². The van der Waals surface area contributed by atoms with E-state index in [-0.39, 0.29) is 17.9 Å². The zero-order chi connectivity index (χ0) is 13.0. The summed E-state index contributed by atoms with van der Waals surface area (Å²) in [5, 5.41) is 3.16. The van der Waals surface area contributed by atoms with Gasteiger partial charge in [0.1, 0.15) is 0 Å². The molecule has 102 valence electrons. The highest BCUT2D eigenvalue weighted by Gasteiger charge is 2.30. The van der Waals surface area contributed by atoms with E-state index in [1.165, 1.54) is 6.42 Å². The minimum absolute atomic E-state index is 0.0779. The molecule has 0 radical (unpaired) electrons. The normalized spacial score (nSPS) is 25.4. The summed E-state index contributed by atoms with van der Waals surface area (Å²) in [5.41, 5.74) is 0. The molecule has 1 atom stereocenters. The molecule has 1 N–H and O–H groups in total. The average Bonchev–Trinajstić information content (AvgIpc) is 2.42. The van der Waals surface area contributed by atoms with Crippen molar-refractivity contribution in [3.63, 3.8) is 0 Å². The number of nitrogens with zero attached hydrogens (tertiary/aromatic N) is 2. The SMILES string of the molecule is CCN1CCNC(CC(=O)N2CCCCC2)C1=O. The number of carbonyl (C=O) groups excluding carboxylic acids is 2. The number of hydrogen-bond acceptors (Lipinski definition) is 3. The van der Waals surface area contributed by atoms with Gasteiger partial charge < -0.3 is 15.1 Å². The van der Waals surface area contributed by atoms with Gasteiger partial charge in [0.25, 0.3) is 0 Å². The number of hydrogen-bond donors (Lipinski definition) is 1. The Morgan fingerprint density at radius 1 is 1.28 bits per heavy atom. The van der Waals surface area contributed by atoms with Crippen LogP contribution in [-0.4, -0.2) is 60.4 Å². The van der Waals surface area contributed by atoms with Crippen molar-refractivity contribution in [2.75, 3.05) is 32.7 Å². The summed E-state index contributed by atoms with van der Waals surface area (Å²) in [5.74, 6) is 0.201. The number of piperazine rings is 1. The molecule has 2 fully saturated rings. The third-order valence-corrected chi connectivity index (χ3v) is 3.85. The molecule has 2 rings (SSSR count).